The summed E-state index contributed by atoms with van der Waals surface area (Å²) < 4.78 is 18.1. The van der Waals surface area contributed by atoms with Crippen molar-refractivity contribution in [3.8, 4) is 17.2 Å². The molecule has 1 heterocycles. The molecule has 0 saturated carbocycles. The Labute approximate surface area is 216 Å². The quantitative estimate of drug-likeness (QED) is 0.217. The van der Waals surface area contributed by atoms with Gasteiger partial charge in [0, 0.05) is 23.3 Å². The number of ether oxygens (including phenoxy) is 3. The second kappa shape index (κ2) is 11.0. The molecule has 0 fully saturated rings. The maximum absolute atomic E-state index is 13.3. The molecule has 0 aliphatic carbocycles. The van der Waals surface area contributed by atoms with Crippen LogP contribution in [0.5, 0.6) is 17.2 Å². The molecule has 8 heteroatoms. The van der Waals surface area contributed by atoms with Crippen molar-refractivity contribution in [1.82, 2.24) is 0 Å². The molecule has 1 aliphatic rings. The monoisotopic (exact) mass is 505 g/mol. The topological polar surface area (TPSA) is 108 Å². The van der Waals surface area contributed by atoms with E-state index in [0.29, 0.717) is 34.8 Å². The van der Waals surface area contributed by atoms with Gasteiger partial charge in [-0.05, 0) is 80.6 Å². The number of nitro benzene ring substituents is 1. The fourth-order valence-corrected chi connectivity index (χ4v) is 4.30. The van der Waals surface area contributed by atoms with Crippen LogP contribution in [0, 0.1) is 10.1 Å². The first kappa shape index (κ1) is 26.2. The molecule has 0 spiro atoms. The van der Waals surface area contributed by atoms with Gasteiger partial charge in [-0.2, -0.15) is 0 Å². The molecule has 0 aromatic heterocycles. The number of non-ortho nitro benzene ring substituents is 1. The van der Waals surface area contributed by atoms with Crippen molar-refractivity contribution in [3.63, 3.8) is 0 Å². The summed E-state index contributed by atoms with van der Waals surface area (Å²) in [6, 6.07) is 15.1. The Hall–Kier alpha value is -3.91. The van der Waals surface area contributed by atoms with E-state index in [4.69, 9.17) is 14.2 Å². The maximum atomic E-state index is 13.3. The number of carbonyl (C=O) groups is 1. The van der Waals surface area contributed by atoms with Gasteiger partial charge in [-0.1, -0.05) is 13.0 Å². The predicted octanol–water partition coefficient (Wildman–Crippen LogP) is 5.59. The van der Waals surface area contributed by atoms with Crippen molar-refractivity contribution in [2.75, 3.05) is 6.61 Å². The number of benzene rings is 3. The van der Waals surface area contributed by atoms with E-state index < -0.39 is 4.92 Å². The van der Waals surface area contributed by atoms with Crippen molar-refractivity contribution in [3.05, 3.63) is 92.5 Å². The highest BCUT2D eigenvalue weighted by molar-refractivity contribution is 5.99. The fourth-order valence-electron chi connectivity index (χ4n) is 4.30. The van der Waals surface area contributed by atoms with E-state index in [0.717, 1.165) is 29.5 Å². The lowest BCUT2D eigenvalue weighted by molar-refractivity contribution is -0.384. The number of aryl methyl sites for hydroxylation is 1. The molecule has 0 amide bonds. The molecule has 37 heavy (non-hydrogen) atoms. The third-order valence-electron chi connectivity index (χ3n) is 6.48. The summed E-state index contributed by atoms with van der Waals surface area (Å²) in [6.45, 7) is 5.77. The average Bonchev–Trinajstić information content (AvgIpc) is 2.89. The zero-order valence-electron chi connectivity index (χ0n) is 21.3. The summed E-state index contributed by atoms with van der Waals surface area (Å²) in [4.78, 5) is 23.7. The number of carbonyl (C=O) groups excluding carboxylic acids is 1. The van der Waals surface area contributed by atoms with Gasteiger partial charge < -0.3 is 19.3 Å². The van der Waals surface area contributed by atoms with Gasteiger partial charge in [0.1, 0.15) is 29.5 Å². The highest BCUT2D eigenvalue weighted by Gasteiger charge is 2.30. The number of rotatable bonds is 10. The fraction of sp³-hybridized carbons (Fsp3) is 0.345. The largest absolute Gasteiger partial charge is 0.488 e. The van der Waals surface area contributed by atoms with Gasteiger partial charge in [0.05, 0.1) is 17.1 Å². The van der Waals surface area contributed by atoms with Gasteiger partial charge in [0.15, 0.2) is 6.61 Å². The maximum Gasteiger partial charge on any atom is 0.269 e. The highest BCUT2D eigenvalue weighted by Crippen LogP contribution is 2.40. The van der Waals surface area contributed by atoms with Gasteiger partial charge >= 0.3 is 0 Å². The molecule has 0 bridgehead atoms. The number of nitrogens with zero attached hydrogens (tertiary/aromatic N) is 1. The minimum absolute atomic E-state index is 0.00376. The van der Waals surface area contributed by atoms with Crippen LogP contribution in [0.2, 0.25) is 0 Å². The van der Waals surface area contributed by atoms with Gasteiger partial charge in [-0.25, -0.2) is 0 Å². The number of hydrogen-bond acceptors (Lipinski definition) is 7. The van der Waals surface area contributed by atoms with Gasteiger partial charge in [0.25, 0.3) is 5.69 Å². The Balaban J connectivity index is 1.52. The van der Waals surface area contributed by atoms with Crippen molar-refractivity contribution in [2.24, 2.45) is 0 Å². The SMILES string of the molecule is CCc1ccc(C(=O)COc2c(CO)ccc3c2CCC(C)(C)O3)c(OCc2ccc([N+](=O)[O-])cc2)c1. The van der Waals surface area contributed by atoms with Crippen molar-refractivity contribution >= 4 is 11.5 Å². The van der Waals surface area contributed by atoms with Crippen molar-refractivity contribution in [1.29, 1.82) is 0 Å². The van der Waals surface area contributed by atoms with Gasteiger partial charge in [-0.15, -0.1) is 0 Å². The summed E-state index contributed by atoms with van der Waals surface area (Å²) in [5, 5.41) is 20.8. The van der Waals surface area contributed by atoms with Crippen LogP contribution in [-0.4, -0.2) is 28.0 Å². The van der Waals surface area contributed by atoms with Crippen molar-refractivity contribution in [2.45, 2.75) is 58.8 Å². The molecule has 0 radical (unpaired) electrons. The minimum atomic E-state index is -0.453. The minimum Gasteiger partial charge on any atom is -0.488 e. The molecule has 194 valence electrons. The zero-order chi connectivity index (χ0) is 26.6. The van der Waals surface area contributed by atoms with E-state index in [9.17, 15) is 20.0 Å². The first-order valence-electron chi connectivity index (χ1n) is 12.3. The average molecular weight is 506 g/mol. The smallest absolute Gasteiger partial charge is 0.269 e. The van der Waals surface area contributed by atoms with Crippen LogP contribution in [0.4, 0.5) is 5.69 Å². The lowest BCUT2D eigenvalue weighted by Gasteiger charge is -2.33. The molecule has 0 saturated heterocycles. The van der Waals surface area contributed by atoms with E-state index >= 15 is 0 Å². The van der Waals surface area contributed by atoms with Gasteiger partial charge in [0.2, 0.25) is 5.78 Å². The third-order valence-corrected chi connectivity index (χ3v) is 6.48. The Kier molecular flexibility index (Phi) is 7.78. The third kappa shape index (κ3) is 6.09. The molecule has 0 unspecified atom stereocenters. The molecular formula is C29H31NO7. The first-order chi connectivity index (χ1) is 17.7. The summed E-state index contributed by atoms with van der Waals surface area (Å²) in [5.74, 6) is 1.35. The van der Waals surface area contributed by atoms with Crippen LogP contribution in [0.15, 0.2) is 54.6 Å². The molecule has 4 rings (SSSR count). The molecule has 1 aliphatic heterocycles. The van der Waals surface area contributed by atoms with E-state index in [-0.39, 0.29) is 36.9 Å². The Morgan fingerprint density at radius 3 is 2.49 bits per heavy atom. The number of fused-ring (bicyclic) bond motifs is 1. The summed E-state index contributed by atoms with van der Waals surface area (Å²) in [7, 11) is 0. The molecule has 3 aromatic carbocycles. The number of ketones is 1. The van der Waals surface area contributed by atoms with Crippen LogP contribution in [0.1, 0.15) is 59.8 Å². The normalized spacial score (nSPS) is 13.8. The number of nitro groups is 1. The standard InChI is InChI=1S/C29H31NO7/c1-4-19-7-11-23(27(15-19)35-17-20-5-9-22(10-6-20)30(33)34)25(32)18-36-28-21(16-31)8-12-26-24(28)13-14-29(2,3)37-26/h5-12,15,31H,4,13-14,16-18H2,1-3H3. The van der Waals surface area contributed by atoms with E-state index in [1.165, 1.54) is 12.1 Å². The van der Waals surface area contributed by atoms with Crippen LogP contribution in [-0.2, 0) is 26.1 Å². The molecule has 1 N–H and O–H groups in total. The first-order valence-corrected chi connectivity index (χ1v) is 12.3. The summed E-state index contributed by atoms with van der Waals surface area (Å²) in [6.07, 6.45) is 2.28. The molecule has 8 nitrogen and oxygen atoms in total. The van der Waals surface area contributed by atoms with Crippen LogP contribution in [0.25, 0.3) is 0 Å². The number of Topliss-reactive ketones (excluding diaryl/α,β-unsaturated/α-hetero) is 1. The van der Waals surface area contributed by atoms with E-state index in [1.54, 1.807) is 24.3 Å². The van der Waals surface area contributed by atoms with Crippen LogP contribution < -0.4 is 14.2 Å². The van der Waals surface area contributed by atoms with Crippen LogP contribution in [0.3, 0.4) is 0 Å². The van der Waals surface area contributed by atoms with Crippen molar-refractivity contribution < 1.29 is 29.0 Å². The Bertz CT molecular complexity index is 1300. The molecular weight excluding hydrogens is 474 g/mol. The molecule has 0 atom stereocenters. The molecule has 3 aromatic rings. The lowest BCUT2D eigenvalue weighted by atomic mass is 9.92. The number of aliphatic hydroxyl groups is 1. The second-order valence-electron chi connectivity index (χ2n) is 9.66. The number of aliphatic hydroxyl groups excluding tert-OH is 1. The van der Waals surface area contributed by atoms with Gasteiger partial charge in [-0.3, -0.25) is 14.9 Å². The summed E-state index contributed by atoms with van der Waals surface area (Å²) >= 11 is 0. The van der Waals surface area contributed by atoms with Crippen LogP contribution >= 0.6 is 0 Å². The zero-order valence-corrected chi connectivity index (χ0v) is 21.3. The Morgan fingerprint density at radius 1 is 1.08 bits per heavy atom. The highest BCUT2D eigenvalue weighted by atomic mass is 16.6. The van der Waals surface area contributed by atoms with E-state index in [2.05, 4.69) is 0 Å². The lowest BCUT2D eigenvalue weighted by Crippen LogP contribution is -2.33. The van der Waals surface area contributed by atoms with E-state index in [1.807, 2.05) is 39.0 Å². The Morgan fingerprint density at radius 2 is 1.81 bits per heavy atom. The number of hydrogen-bond donors (Lipinski definition) is 1. The predicted molar refractivity (Wildman–Crippen MR) is 138 cm³/mol. The second-order valence-corrected chi connectivity index (χ2v) is 9.66. The summed E-state index contributed by atoms with van der Waals surface area (Å²) in [5.41, 5.74) is 3.30.